The predicted octanol–water partition coefficient (Wildman–Crippen LogP) is 6.15. The zero-order chi connectivity index (χ0) is 24.0. The van der Waals surface area contributed by atoms with E-state index in [2.05, 4.69) is 12.1 Å². The first-order chi connectivity index (χ1) is 15.7. The summed E-state index contributed by atoms with van der Waals surface area (Å²) in [5.74, 6) is 0.931. The van der Waals surface area contributed by atoms with Gasteiger partial charge in [-0.15, -0.1) is 0 Å². The van der Waals surface area contributed by atoms with Crippen molar-refractivity contribution in [3.8, 4) is 5.75 Å². The van der Waals surface area contributed by atoms with E-state index < -0.39 is 5.60 Å². The summed E-state index contributed by atoms with van der Waals surface area (Å²) in [4.78, 5) is 26.7. The number of aryl methyl sites for hydroxylation is 1. The van der Waals surface area contributed by atoms with Gasteiger partial charge in [0.1, 0.15) is 11.4 Å². The van der Waals surface area contributed by atoms with E-state index in [9.17, 15) is 9.59 Å². The van der Waals surface area contributed by atoms with Gasteiger partial charge in [0.05, 0.1) is 13.2 Å². The fourth-order valence-electron chi connectivity index (χ4n) is 4.09. The van der Waals surface area contributed by atoms with Crippen molar-refractivity contribution in [3.05, 3.63) is 70.8 Å². The van der Waals surface area contributed by atoms with Crippen LogP contribution in [-0.4, -0.2) is 36.0 Å². The number of fused-ring (bicyclic) bond motifs is 1. The summed E-state index contributed by atoms with van der Waals surface area (Å²) in [6, 6.07) is 14.2. The summed E-state index contributed by atoms with van der Waals surface area (Å²) in [6.45, 7) is 8.11. The minimum Gasteiger partial charge on any atom is -0.497 e. The molecular weight excluding hydrogens is 414 g/mol. The Morgan fingerprint density at radius 1 is 1.12 bits per heavy atom. The smallest absolute Gasteiger partial charge is 0.410 e. The van der Waals surface area contributed by atoms with Gasteiger partial charge in [0.15, 0.2) is 5.78 Å². The van der Waals surface area contributed by atoms with Crippen molar-refractivity contribution in [2.24, 2.45) is 0 Å². The Balaban J connectivity index is 1.81. The van der Waals surface area contributed by atoms with Crippen molar-refractivity contribution in [2.45, 2.75) is 65.0 Å². The van der Waals surface area contributed by atoms with Crippen molar-refractivity contribution in [2.75, 3.05) is 13.7 Å². The number of amides is 1. The third kappa shape index (κ3) is 6.70. The molecule has 1 unspecified atom stereocenters. The van der Waals surface area contributed by atoms with Crippen LogP contribution in [0.5, 0.6) is 5.75 Å². The summed E-state index contributed by atoms with van der Waals surface area (Å²) in [5.41, 5.74) is 3.98. The van der Waals surface area contributed by atoms with Crippen LogP contribution in [0, 0.1) is 0 Å². The summed E-state index contributed by atoms with van der Waals surface area (Å²) < 4.78 is 11.0. The molecule has 1 aliphatic rings. The van der Waals surface area contributed by atoms with Crippen LogP contribution in [0.4, 0.5) is 4.79 Å². The number of benzene rings is 2. The van der Waals surface area contributed by atoms with Crippen LogP contribution < -0.4 is 4.74 Å². The molecule has 3 rings (SSSR count). The highest BCUT2D eigenvalue weighted by atomic mass is 16.6. The molecule has 0 aliphatic heterocycles. The third-order valence-electron chi connectivity index (χ3n) is 5.83. The molecule has 0 N–H and O–H groups in total. The Labute approximate surface area is 197 Å². The van der Waals surface area contributed by atoms with Gasteiger partial charge >= 0.3 is 6.09 Å². The molecule has 5 heteroatoms. The topological polar surface area (TPSA) is 55.8 Å². The normalized spacial score (nSPS) is 15.4. The number of nitrogens with zero attached hydrogens (tertiary/aromatic N) is 1. The molecule has 2 aromatic rings. The number of rotatable bonds is 8. The molecule has 0 aromatic heterocycles. The van der Waals surface area contributed by atoms with Gasteiger partial charge in [0.25, 0.3) is 0 Å². The van der Waals surface area contributed by atoms with E-state index in [1.807, 2.05) is 69.0 Å². The summed E-state index contributed by atoms with van der Waals surface area (Å²) >= 11 is 0. The fraction of sp³-hybridized carbons (Fsp3) is 0.429. The number of ketones is 1. The van der Waals surface area contributed by atoms with Crippen LogP contribution >= 0.6 is 0 Å². The lowest BCUT2D eigenvalue weighted by atomic mass is 10.0. The first-order valence-electron chi connectivity index (χ1n) is 11.7. The number of ether oxygens (including phenoxy) is 2. The standard InChI is InChI=1S/C28H35NO4/c1-6-23(30)12-7-21-10-15-25-22(19-21)11-16-26(25)29(27(31)33-28(2,3)4)18-17-20-8-13-24(32-5)14-9-20/h7-10,12-15,19,26H,6,11,16-18H2,1-5H3/b12-7+. The summed E-state index contributed by atoms with van der Waals surface area (Å²) in [5, 5.41) is 0. The molecule has 0 saturated carbocycles. The maximum atomic E-state index is 13.2. The molecule has 5 nitrogen and oxygen atoms in total. The van der Waals surface area contributed by atoms with Gasteiger partial charge in [0.2, 0.25) is 0 Å². The van der Waals surface area contributed by atoms with Crippen molar-refractivity contribution in [1.82, 2.24) is 4.90 Å². The molecule has 0 radical (unpaired) electrons. The van der Waals surface area contributed by atoms with E-state index in [-0.39, 0.29) is 17.9 Å². The van der Waals surface area contributed by atoms with Crippen LogP contribution in [-0.2, 0) is 22.4 Å². The third-order valence-corrected chi connectivity index (χ3v) is 5.83. The van der Waals surface area contributed by atoms with E-state index in [1.165, 1.54) is 5.56 Å². The van der Waals surface area contributed by atoms with Crippen LogP contribution in [0.1, 0.15) is 68.8 Å². The zero-order valence-corrected chi connectivity index (χ0v) is 20.4. The Morgan fingerprint density at radius 3 is 2.48 bits per heavy atom. The van der Waals surface area contributed by atoms with Gasteiger partial charge in [-0.25, -0.2) is 4.79 Å². The number of hydrogen-bond donors (Lipinski definition) is 0. The minimum absolute atomic E-state index is 0.0246. The molecule has 0 fully saturated rings. The number of allylic oxidation sites excluding steroid dienone is 1. The Bertz CT molecular complexity index is 1000. The molecule has 0 bridgehead atoms. The number of methoxy groups -OCH3 is 1. The zero-order valence-electron chi connectivity index (χ0n) is 20.4. The number of carbonyl (C=O) groups is 2. The molecule has 1 aliphatic carbocycles. The van der Waals surface area contributed by atoms with Crippen molar-refractivity contribution < 1.29 is 19.1 Å². The highest BCUT2D eigenvalue weighted by Crippen LogP contribution is 2.37. The molecule has 0 spiro atoms. The Kier molecular flexibility index (Phi) is 7.96. The van der Waals surface area contributed by atoms with Crippen LogP contribution in [0.3, 0.4) is 0 Å². The lowest BCUT2D eigenvalue weighted by molar-refractivity contribution is -0.114. The molecule has 1 atom stereocenters. The second-order valence-electron chi connectivity index (χ2n) is 9.44. The lowest BCUT2D eigenvalue weighted by Gasteiger charge is -2.32. The van der Waals surface area contributed by atoms with E-state index in [0.717, 1.165) is 41.7 Å². The van der Waals surface area contributed by atoms with Crippen molar-refractivity contribution in [1.29, 1.82) is 0 Å². The van der Waals surface area contributed by atoms with Gasteiger partial charge in [-0.05, 0) is 80.5 Å². The second kappa shape index (κ2) is 10.7. The maximum Gasteiger partial charge on any atom is 0.410 e. The molecule has 0 saturated heterocycles. The average Bonchev–Trinajstić information content (AvgIpc) is 3.19. The van der Waals surface area contributed by atoms with Gasteiger partial charge in [-0.3, -0.25) is 4.79 Å². The second-order valence-corrected chi connectivity index (χ2v) is 9.44. The summed E-state index contributed by atoms with van der Waals surface area (Å²) in [7, 11) is 1.65. The van der Waals surface area contributed by atoms with Gasteiger partial charge in [-0.2, -0.15) is 0 Å². The maximum absolute atomic E-state index is 13.2. The van der Waals surface area contributed by atoms with Gasteiger partial charge < -0.3 is 14.4 Å². The molecule has 1 amide bonds. The quantitative estimate of drug-likeness (QED) is 0.453. The van der Waals surface area contributed by atoms with Crippen LogP contribution in [0.25, 0.3) is 6.08 Å². The molecule has 176 valence electrons. The highest BCUT2D eigenvalue weighted by Gasteiger charge is 2.33. The molecule has 2 aromatic carbocycles. The fourth-order valence-corrected chi connectivity index (χ4v) is 4.09. The van der Waals surface area contributed by atoms with Crippen LogP contribution in [0.2, 0.25) is 0 Å². The molecule has 33 heavy (non-hydrogen) atoms. The average molecular weight is 450 g/mol. The van der Waals surface area contributed by atoms with E-state index in [4.69, 9.17) is 9.47 Å². The Hall–Kier alpha value is -3.08. The first kappa shape index (κ1) is 24.6. The predicted molar refractivity (Wildman–Crippen MR) is 131 cm³/mol. The minimum atomic E-state index is -0.558. The monoisotopic (exact) mass is 449 g/mol. The SMILES string of the molecule is CCC(=O)/C=C/c1ccc2c(c1)CCC2N(CCc1ccc(OC)cc1)C(=O)OC(C)(C)C. The Morgan fingerprint density at radius 2 is 1.85 bits per heavy atom. The van der Waals surface area contributed by atoms with Crippen molar-refractivity contribution >= 4 is 18.0 Å². The van der Waals surface area contributed by atoms with Crippen molar-refractivity contribution in [3.63, 3.8) is 0 Å². The largest absolute Gasteiger partial charge is 0.497 e. The number of hydrogen-bond acceptors (Lipinski definition) is 4. The first-order valence-corrected chi connectivity index (χ1v) is 11.7. The van der Waals surface area contributed by atoms with Crippen LogP contribution in [0.15, 0.2) is 48.5 Å². The lowest BCUT2D eigenvalue weighted by Crippen LogP contribution is -2.40. The van der Waals surface area contributed by atoms with E-state index >= 15 is 0 Å². The molecular formula is C28H35NO4. The highest BCUT2D eigenvalue weighted by molar-refractivity contribution is 5.93. The van der Waals surface area contributed by atoms with E-state index in [1.54, 1.807) is 13.2 Å². The summed E-state index contributed by atoms with van der Waals surface area (Å²) in [6.07, 6.45) is 6.21. The van der Waals surface area contributed by atoms with Gasteiger partial charge in [0, 0.05) is 13.0 Å². The number of carbonyl (C=O) groups excluding carboxylic acids is 2. The van der Waals surface area contributed by atoms with Gasteiger partial charge in [-0.1, -0.05) is 43.3 Å². The molecule has 0 heterocycles. The van der Waals surface area contributed by atoms with E-state index in [0.29, 0.717) is 13.0 Å².